The van der Waals surface area contributed by atoms with Crippen molar-refractivity contribution in [3.05, 3.63) is 24.3 Å². The zero-order valence-electron chi connectivity index (χ0n) is 13.3. The molecule has 5 heteroatoms. The summed E-state index contributed by atoms with van der Waals surface area (Å²) in [6, 6.07) is 6.95. The Morgan fingerprint density at radius 3 is 2.30 bits per heavy atom. The zero-order chi connectivity index (χ0) is 15.6. The lowest BCUT2D eigenvalue weighted by molar-refractivity contribution is 0.216. The molecule has 0 amide bonds. The van der Waals surface area contributed by atoms with Gasteiger partial charge in [0.15, 0.2) is 0 Å². The first-order valence-electron chi connectivity index (χ1n) is 6.93. The quantitative estimate of drug-likeness (QED) is 0.908. The number of para-hydroxylation sites is 1. The molecule has 0 fully saturated rings. The number of hydrogen-bond acceptors (Lipinski definition) is 3. The highest BCUT2D eigenvalue weighted by Gasteiger charge is 2.33. The van der Waals surface area contributed by atoms with Gasteiger partial charge in [0, 0.05) is 19.6 Å². The maximum atomic E-state index is 12.8. The molecule has 0 bridgehead atoms. The molecule has 0 aromatic heterocycles. The Morgan fingerprint density at radius 2 is 1.80 bits per heavy atom. The van der Waals surface area contributed by atoms with E-state index in [0.29, 0.717) is 17.1 Å². The lowest BCUT2D eigenvalue weighted by atomic mass is 9.88. The fraction of sp³-hybridized carbons (Fsp3) is 0.600. The molecule has 0 saturated carbocycles. The summed E-state index contributed by atoms with van der Waals surface area (Å²) >= 11 is 0. The second-order valence-electron chi connectivity index (χ2n) is 6.09. The molecule has 0 aliphatic heterocycles. The summed E-state index contributed by atoms with van der Waals surface area (Å²) in [5, 5.41) is 3.11. The number of benzene rings is 1. The average molecular weight is 298 g/mol. The number of anilines is 1. The largest absolute Gasteiger partial charge is 0.384 e. The molecular weight excluding hydrogens is 272 g/mol. The minimum Gasteiger partial charge on any atom is -0.384 e. The first-order valence-corrected chi connectivity index (χ1v) is 8.37. The molecule has 1 aromatic rings. The van der Waals surface area contributed by atoms with Crippen molar-refractivity contribution in [2.45, 2.75) is 45.6 Å². The number of nitrogens with one attached hydrogen (secondary N) is 1. The van der Waals surface area contributed by atoms with E-state index in [1.807, 2.05) is 40.7 Å². The Morgan fingerprint density at radius 1 is 1.25 bits per heavy atom. The van der Waals surface area contributed by atoms with Crippen molar-refractivity contribution in [2.24, 2.45) is 5.41 Å². The normalized spacial score (nSPS) is 14.3. The third kappa shape index (κ3) is 3.52. The second-order valence-corrected chi connectivity index (χ2v) is 8.06. The van der Waals surface area contributed by atoms with Gasteiger partial charge in [-0.2, -0.15) is 4.31 Å². The molecule has 0 heterocycles. The lowest BCUT2D eigenvalue weighted by Gasteiger charge is -2.34. The van der Waals surface area contributed by atoms with Crippen LogP contribution in [0, 0.1) is 5.41 Å². The monoisotopic (exact) mass is 298 g/mol. The maximum absolute atomic E-state index is 12.8. The van der Waals surface area contributed by atoms with Gasteiger partial charge >= 0.3 is 0 Å². The summed E-state index contributed by atoms with van der Waals surface area (Å²) in [5.41, 5.74) is 0.539. The highest BCUT2D eigenvalue weighted by atomic mass is 32.2. The first-order chi connectivity index (χ1) is 9.12. The van der Waals surface area contributed by atoms with E-state index in [-0.39, 0.29) is 11.5 Å². The van der Waals surface area contributed by atoms with Crippen molar-refractivity contribution < 1.29 is 8.42 Å². The van der Waals surface area contributed by atoms with E-state index >= 15 is 0 Å². The molecule has 114 valence electrons. The number of hydrogen-bond donors (Lipinski definition) is 1. The average Bonchev–Trinajstić information content (AvgIpc) is 2.36. The predicted molar refractivity (Wildman–Crippen MR) is 84.5 cm³/mol. The zero-order valence-corrected chi connectivity index (χ0v) is 14.1. The summed E-state index contributed by atoms with van der Waals surface area (Å²) in [6.07, 6.45) is 0. The molecular formula is C15H26N2O2S. The molecule has 0 aliphatic carbocycles. The SMILES string of the molecule is CCNc1ccccc1S(=O)(=O)N(C)C(C)C(C)(C)C. The topological polar surface area (TPSA) is 49.4 Å². The van der Waals surface area contributed by atoms with Crippen molar-refractivity contribution in [3.8, 4) is 0 Å². The van der Waals surface area contributed by atoms with Crippen LogP contribution in [-0.2, 0) is 10.0 Å². The van der Waals surface area contributed by atoms with E-state index in [9.17, 15) is 8.42 Å². The highest BCUT2D eigenvalue weighted by Crippen LogP contribution is 2.30. The van der Waals surface area contributed by atoms with E-state index < -0.39 is 10.0 Å². The Kier molecular flexibility index (Phi) is 5.21. The fourth-order valence-corrected chi connectivity index (χ4v) is 3.65. The van der Waals surface area contributed by atoms with Crippen LogP contribution < -0.4 is 5.32 Å². The van der Waals surface area contributed by atoms with Gasteiger partial charge in [0.05, 0.1) is 5.69 Å². The van der Waals surface area contributed by atoms with Crippen molar-refractivity contribution in [2.75, 3.05) is 18.9 Å². The number of rotatable bonds is 5. The second kappa shape index (κ2) is 6.14. The van der Waals surface area contributed by atoms with Gasteiger partial charge in [0.2, 0.25) is 10.0 Å². The van der Waals surface area contributed by atoms with E-state index in [2.05, 4.69) is 5.32 Å². The Hall–Kier alpha value is -1.07. The first kappa shape index (κ1) is 17.0. The van der Waals surface area contributed by atoms with Crippen LogP contribution in [0.1, 0.15) is 34.6 Å². The van der Waals surface area contributed by atoms with Crippen molar-refractivity contribution >= 4 is 15.7 Å². The van der Waals surface area contributed by atoms with Gasteiger partial charge in [0.1, 0.15) is 4.90 Å². The maximum Gasteiger partial charge on any atom is 0.245 e. The molecule has 20 heavy (non-hydrogen) atoms. The molecule has 4 nitrogen and oxygen atoms in total. The Labute approximate surface area is 123 Å². The van der Waals surface area contributed by atoms with Crippen molar-refractivity contribution in [1.29, 1.82) is 0 Å². The molecule has 1 N–H and O–H groups in total. The Balaban J connectivity index is 3.24. The smallest absolute Gasteiger partial charge is 0.245 e. The molecule has 0 saturated heterocycles. The van der Waals surface area contributed by atoms with Crippen LogP contribution in [0.5, 0.6) is 0 Å². The Bertz CT molecular complexity index is 547. The van der Waals surface area contributed by atoms with Gasteiger partial charge in [-0.05, 0) is 31.4 Å². The van der Waals surface area contributed by atoms with Crippen LogP contribution in [0.4, 0.5) is 5.69 Å². The molecule has 1 rings (SSSR count). The van der Waals surface area contributed by atoms with Gasteiger partial charge < -0.3 is 5.32 Å². The summed E-state index contributed by atoms with van der Waals surface area (Å²) in [6.45, 7) is 10.7. The van der Waals surface area contributed by atoms with Gasteiger partial charge in [-0.1, -0.05) is 32.9 Å². The van der Waals surface area contributed by atoms with Crippen LogP contribution in [0.15, 0.2) is 29.2 Å². The third-order valence-corrected chi connectivity index (χ3v) is 5.70. The van der Waals surface area contributed by atoms with Crippen LogP contribution in [-0.4, -0.2) is 32.4 Å². The summed E-state index contributed by atoms with van der Waals surface area (Å²) in [7, 11) is -1.86. The number of nitrogens with zero attached hydrogens (tertiary/aromatic N) is 1. The molecule has 1 atom stereocenters. The predicted octanol–water partition coefficient (Wildman–Crippen LogP) is 3.17. The van der Waals surface area contributed by atoms with Gasteiger partial charge in [-0.25, -0.2) is 8.42 Å². The van der Waals surface area contributed by atoms with Crippen LogP contribution in [0.25, 0.3) is 0 Å². The van der Waals surface area contributed by atoms with Crippen molar-refractivity contribution in [1.82, 2.24) is 4.31 Å². The highest BCUT2D eigenvalue weighted by molar-refractivity contribution is 7.89. The lowest BCUT2D eigenvalue weighted by Crippen LogP contribution is -2.43. The van der Waals surface area contributed by atoms with Crippen LogP contribution in [0.2, 0.25) is 0 Å². The van der Waals surface area contributed by atoms with E-state index in [1.165, 1.54) is 4.31 Å². The van der Waals surface area contributed by atoms with E-state index in [0.717, 1.165) is 0 Å². The third-order valence-electron chi connectivity index (χ3n) is 3.71. The summed E-state index contributed by atoms with van der Waals surface area (Å²) < 4.78 is 27.1. The summed E-state index contributed by atoms with van der Waals surface area (Å²) in [4.78, 5) is 0.334. The van der Waals surface area contributed by atoms with Gasteiger partial charge in [-0.15, -0.1) is 0 Å². The minimum absolute atomic E-state index is 0.0952. The molecule has 0 radical (unpaired) electrons. The minimum atomic E-state index is -3.50. The fourth-order valence-electron chi connectivity index (χ4n) is 1.94. The molecule has 1 unspecified atom stereocenters. The number of sulfonamides is 1. The van der Waals surface area contributed by atoms with E-state index in [4.69, 9.17) is 0 Å². The van der Waals surface area contributed by atoms with E-state index in [1.54, 1.807) is 25.2 Å². The molecule has 0 aliphatic rings. The van der Waals surface area contributed by atoms with Gasteiger partial charge in [-0.3, -0.25) is 0 Å². The molecule has 0 spiro atoms. The van der Waals surface area contributed by atoms with Crippen LogP contribution in [0.3, 0.4) is 0 Å². The van der Waals surface area contributed by atoms with Gasteiger partial charge in [0.25, 0.3) is 0 Å². The van der Waals surface area contributed by atoms with Crippen molar-refractivity contribution in [3.63, 3.8) is 0 Å². The summed E-state index contributed by atoms with van der Waals surface area (Å²) in [5.74, 6) is 0. The molecule has 1 aromatic carbocycles. The standard InChI is InChI=1S/C15H26N2O2S/c1-7-16-13-10-8-9-11-14(13)20(18,19)17(6)12(2)15(3,4)5/h8-12,16H,7H2,1-6H3. The van der Waals surface area contributed by atoms with Crippen LogP contribution >= 0.6 is 0 Å².